The molecule has 0 radical (unpaired) electrons. The molecule has 0 bridgehead atoms. The fourth-order valence-corrected chi connectivity index (χ4v) is 4.96. The highest BCUT2D eigenvalue weighted by Crippen LogP contribution is 2.37. The summed E-state index contributed by atoms with van der Waals surface area (Å²) in [6, 6.07) is 2.96. The average molecular weight is 627 g/mol. The monoisotopic (exact) mass is 626 g/mol. The number of carbonyl (C=O) groups excluding carboxylic acids is 3. The van der Waals surface area contributed by atoms with Gasteiger partial charge in [0.05, 0.1) is 29.1 Å². The molecule has 1 aliphatic carbocycles. The molecule has 234 valence electrons. The standard InChI is InChI=1S/C28H26F4N10O3/c1-13-7-17(10-19(29)21(13)27(45)37-14(2)25(43)39-26(44)15-8-16(34)9-15)38-23-24-36-11-20(42(24)6-4-35-23)18-12-41(5-3-33)40-22(18)28(30,31)32/h4,6-7,10-12,14-16H,5,8-9,34H2,1-2H3,(H,35,38)(H,37,45)(H,39,43,44)/t14-,15?,16?/m1/s1. The van der Waals surface area contributed by atoms with E-state index in [1.807, 2.05) is 0 Å². The lowest BCUT2D eigenvalue weighted by atomic mass is 9.80. The Balaban J connectivity index is 1.34. The number of aryl methyl sites for hydroxylation is 1. The number of nitriles is 1. The number of aromatic nitrogens is 5. The fourth-order valence-electron chi connectivity index (χ4n) is 4.96. The molecule has 0 saturated heterocycles. The first-order chi connectivity index (χ1) is 21.3. The average Bonchev–Trinajstić information content (AvgIpc) is 3.56. The van der Waals surface area contributed by atoms with Gasteiger partial charge >= 0.3 is 6.18 Å². The third-order valence-electron chi connectivity index (χ3n) is 7.28. The number of carbonyl (C=O) groups is 3. The molecule has 0 spiro atoms. The molecule has 1 aliphatic rings. The van der Waals surface area contributed by atoms with Crippen LogP contribution in [0.3, 0.4) is 0 Å². The van der Waals surface area contributed by atoms with E-state index in [0.29, 0.717) is 12.8 Å². The number of nitrogens with zero attached hydrogens (tertiary/aromatic N) is 6. The zero-order valence-electron chi connectivity index (χ0n) is 23.8. The van der Waals surface area contributed by atoms with Crippen LogP contribution in [0.15, 0.2) is 36.9 Å². The van der Waals surface area contributed by atoms with Gasteiger partial charge in [0.1, 0.15) is 18.4 Å². The minimum absolute atomic E-state index is 0.0254. The molecule has 1 fully saturated rings. The van der Waals surface area contributed by atoms with E-state index in [-0.39, 0.29) is 51.5 Å². The molecule has 1 aromatic carbocycles. The predicted octanol–water partition coefficient (Wildman–Crippen LogP) is 2.82. The van der Waals surface area contributed by atoms with Crippen molar-refractivity contribution >= 4 is 34.9 Å². The Labute approximate surface area is 252 Å². The number of imide groups is 1. The summed E-state index contributed by atoms with van der Waals surface area (Å²) in [5, 5.41) is 19.9. The van der Waals surface area contributed by atoms with Crippen LogP contribution in [0.4, 0.5) is 29.1 Å². The van der Waals surface area contributed by atoms with E-state index in [4.69, 9.17) is 11.0 Å². The zero-order valence-corrected chi connectivity index (χ0v) is 23.8. The molecule has 0 unspecified atom stereocenters. The highest BCUT2D eigenvalue weighted by Gasteiger charge is 2.38. The first-order valence-corrected chi connectivity index (χ1v) is 13.6. The van der Waals surface area contributed by atoms with Crippen LogP contribution >= 0.6 is 0 Å². The van der Waals surface area contributed by atoms with Gasteiger partial charge in [-0.1, -0.05) is 0 Å². The SMILES string of the molecule is Cc1cc(Nc2nccn3c(-c4cn(CC#N)nc4C(F)(F)F)cnc23)cc(F)c1C(=O)N[C@H](C)C(=O)NC(=O)C1CC(N)C1. The van der Waals surface area contributed by atoms with Crippen molar-refractivity contribution in [3.8, 4) is 17.3 Å². The molecule has 5 rings (SSSR count). The molecule has 1 atom stereocenters. The van der Waals surface area contributed by atoms with E-state index in [9.17, 15) is 27.6 Å². The van der Waals surface area contributed by atoms with Gasteiger partial charge < -0.3 is 16.4 Å². The van der Waals surface area contributed by atoms with Crippen LogP contribution in [0.2, 0.25) is 0 Å². The van der Waals surface area contributed by atoms with Crippen LogP contribution in [-0.4, -0.2) is 54.0 Å². The van der Waals surface area contributed by atoms with Crippen molar-refractivity contribution in [1.29, 1.82) is 5.26 Å². The first-order valence-electron chi connectivity index (χ1n) is 13.6. The van der Waals surface area contributed by atoms with Crippen LogP contribution in [0.1, 0.15) is 41.4 Å². The molecule has 45 heavy (non-hydrogen) atoms. The van der Waals surface area contributed by atoms with Gasteiger partial charge in [0.2, 0.25) is 11.8 Å². The van der Waals surface area contributed by atoms with Crippen LogP contribution in [0, 0.1) is 30.0 Å². The third-order valence-corrected chi connectivity index (χ3v) is 7.28. The summed E-state index contributed by atoms with van der Waals surface area (Å²) in [4.78, 5) is 45.8. The topological polar surface area (TPSA) is 185 Å². The van der Waals surface area contributed by atoms with Crippen LogP contribution in [0.5, 0.6) is 0 Å². The summed E-state index contributed by atoms with van der Waals surface area (Å²) < 4.78 is 58.6. The van der Waals surface area contributed by atoms with Gasteiger partial charge in [0, 0.05) is 36.2 Å². The van der Waals surface area contributed by atoms with Gasteiger partial charge in [-0.3, -0.25) is 28.8 Å². The maximum atomic E-state index is 15.2. The van der Waals surface area contributed by atoms with Crippen molar-refractivity contribution in [3.05, 3.63) is 59.6 Å². The molecule has 4 aromatic rings. The molecule has 3 aromatic heterocycles. The number of anilines is 2. The third kappa shape index (κ3) is 6.31. The second-order valence-electron chi connectivity index (χ2n) is 10.6. The molecule has 17 heteroatoms. The molecule has 1 saturated carbocycles. The normalized spacial score (nSPS) is 16.8. The van der Waals surface area contributed by atoms with Crippen LogP contribution in [-0.2, 0) is 22.3 Å². The number of amides is 3. The van der Waals surface area contributed by atoms with Gasteiger partial charge in [-0.05, 0) is 44.4 Å². The summed E-state index contributed by atoms with van der Waals surface area (Å²) in [6.07, 6.45) is 1.09. The van der Waals surface area contributed by atoms with Crippen molar-refractivity contribution in [1.82, 2.24) is 34.8 Å². The van der Waals surface area contributed by atoms with Gasteiger partial charge in [0.25, 0.3) is 5.91 Å². The fraction of sp³-hybridized carbons (Fsp3) is 0.321. The molecule has 5 N–H and O–H groups in total. The molecule has 0 aliphatic heterocycles. The summed E-state index contributed by atoms with van der Waals surface area (Å²) in [5.74, 6) is -3.34. The number of benzene rings is 1. The Morgan fingerprint density at radius 1 is 1.22 bits per heavy atom. The summed E-state index contributed by atoms with van der Waals surface area (Å²) in [6.45, 7) is 2.43. The zero-order chi connectivity index (χ0) is 32.6. The number of halogens is 4. The molecule has 13 nitrogen and oxygen atoms in total. The number of hydrogen-bond acceptors (Lipinski definition) is 9. The summed E-state index contributed by atoms with van der Waals surface area (Å²) in [7, 11) is 0. The Morgan fingerprint density at radius 3 is 2.60 bits per heavy atom. The minimum atomic E-state index is -4.80. The molecular weight excluding hydrogens is 600 g/mol. The minimum Gasteiger partial charge on any atom is -0.340 e. The van der Waals surface area contributed by atoms with Crippen molar-refractivity contribution < 1.29 is 31.9 Å². The lowest BCUT2D eigenvalue weighted by Crippen LogP contribution is -2.51. The van der Waals surface area contributed by atoms with E-state index >= 15 is 4.39 Å². The Bertz CT molecular complexity index is 1830. The summed E-state index contributed by atoms with van der Waals surface area (Å²) >= 11 is 0. The molecule has 3 heterocycles. The number of rotatable bonds is 8. The Morgan fingerprint density at radius 2 is 1.96 bits per heavy atom. The molecule has 3 amide bonds. The maximum absolute atomic E-state index is 15.2. The maximum Gasteiger partial charge on any atom is 0.435 e. The van der Waals surface area contributed by atoms with Crippen molar-refractivity contribution in [2.45, 2.75) is 51.5 Å². The lowest BCUT2D eigenvalue weighted by molar-refractivity contribution is -0.141. The number of fused-ring (bicyclic) bond motifs is 1. The molecular formula is C28H26F4N10O3. The smallest absolute Gasteiger partial charge is 0.340 e. The quantitative estimate of drug-likeness (QED) is 0.214. The van der Waals surface area contributed by atoms with E-state index in [0.717, 1.165) is 16.9 Å². The summed E-state index contributed by atoms with van der Waals surface area (Å²) in [5.41, 5.74) is 4.31. The van der Waals surface area contributed by atoms with E-state index in [1.54, 1.807) is 6.07 Å². The first kappa shape index (κ1) is 31.1. The number of hydrogen-bond donors (Lipinski definition) is 4. The van der Waals surface area contributed by atoms with Gasteiger partial charge in [-0.15, -0.1) is 0 Å². The second-order valence-corrected chi connectivity index (χ2v) is 10.6. The van der Waals surface area contributed by atoms with E-state index in [1.165, 1.54) is 42.9 Å². The van der Waals surface area contributed by atoms with Gasteiger partial charge in [-0.25, -0.2) is 14.4 Å². The van der Waals surface area contributed by atoms with Crippen LogP contribution in [0.25, 0.3) is 16.9 Å². The van der Waals surface area contributed by atoms with Gasteiger partial charge in [-0.2, -0.15) is 23.5 Å². The largest absolute Gasteiger partial charge is 0.435 e. The predicted molar refractivity (Wildman–Crippen MR) is 150 cm³/mol. The number of imidazole rings is 1. The highest BCUT2D eigenvalue weighted by atomic mass is 19.4. The van der Waals surface area contributed by atoms with Crippen molar-refractivity contribution in [2.24, 2.45) is 11.7 Å². The van der Waals surface area contributed by atoms with Gasteiger partial charge in [0.15, 0.2) is 17.2 Å². The number of alkyl halides is 3. The number of nitrogens with two attached hydrogens (primary N) is 1. The number of nitrogens with one attached hydrogen (secondary N) is 3. The van der Waals surface area contributed by atoms with Crippen LogP contribution < -0.4 is 21.7 Å². The second kappa shape index (κ2) is 12.0. The lowest BCUT2D eigenvalue weighted by Gasteiger charge is -2.31. The van der Waals surface area contributed by atoms with E-state index < -0.39 is 48.0 Å². The Kier molecular flexibility index (Phi) is 8.26. The van der Waals surface area contributed by atoms with Crippen molar-refractivity contribution in [3.63, 3.8) is 0 Å². The Hall–Kier alpha value is -5.37. The van der Waals surface area contributed by atoms with Crippen molar-refractivity contribution in [2.75, 3.05) is 5.32 Å². The van der Waals surface area contributed by atoms with E-state index in [2.05, 4.69) is 31.0 Å². The highest BCUT2D eigenvalue weighted by molar-refractivity contribution is 6.03.